The molecule has 0 saturated carbocycles. The second kappa shape index (κ2) is 8.02. The summed E-state index contributed by atoms with van der Waals surface area (Å²) in [5, 5.41) is 11.3. The van der Waals surface area contributed by atoms with E-state index in [1.807, 2.05) is 61.7 Å². The van der Waals surface area contributed by atoms with Gasteiger partial charge < -0.3 is 10.6 Å². The van der Waals surface area contributed by atoms with Crippen LogP contribution >= 0.6 is 0 Å². The van der Waals surface area contributed by atoms with Crippen LogP contribution in [0.5, 0.6) is 0 Å². The van der Waals surface area contributed by atoms with Crippen LogP contribution in [0.25, 0.3) is 11.7 Å². The van der Waals surface area contributed by atoms with Crippen LogP contribution in [0.1, 0.15) is 34.6 Å². The summed E-state index contributed by atoms with van der Waals surface area (Å²) in [5.74, 6) is 0.890. The highest BCUT2D eigenvalue weighted by atomic mass is 15.3. The van der Waals surface area contributed by atoms with E-state index in [9.17, 15) is 0 Å². The van der Waals surface area contributed by atoms with Gasteiger partial charge in [-0.1, -0.05) is 36.9 Å². The molecule has 2 N–H and O–H groups in total. The van der Waals surface area contributed by atoms with Gasteiger partial charge in [-0.15, -0.1) is 0 Å². The summed E-state index contributed by atoms with van der Waals surface area (Å²) in [6.07, 6.45) is 5.39. The third-order valence-corrected chi connectivity index (χ3v) is 5.38. The average molecular weight is 409 g/mol. The highest BCUT2D eigenvalue weighted by Crippen LogP contribution is 2.35. The molecule has 154 valence electrons. The van der Waals surface area contributed by atoms with Gasteiger partial charge in [0.2, 0.25) is 0 Å². The van der Waals surface area contributed by atoms with E-state index in [1.165, 1.54) is 0 Å². The minimum absolute atomic E-state index is 0.0582. The summed E-state index contributed by atoms with van der Waals surface area (Å²) in [7, 11) is 0. The van der Waals surface area contributed by atoms with Crippen LogP contribution < -0.4 is 10.6 Å². The van der Waals surface area contributed by atoms with Crippen LogP contribution in [0, 0.1) is 6.92 Å². The zero-order chi connectivity index (χ0) is 21.2. The van der Waals surface area contributed by atoms with Gasteiger partial charge in [0.1, 0.15) is 18.2 Å². The summed E-state index contributed by atoms with van der Waals surface area (Å²) < 4.78 is 1.78. The Kier molecular flexibility index (Phi) is 4.92. The number of aryl methyl sites for hydroxylation is 1. The maximum atomic E-state index is 5.02. The lowest BCUT2D eigenvalue weighted by molar-refractivity contribution is 0.553. The Labute approximate surface area is 180 Å². The predicted molar refractivity (Wildman–Crippen MR) is 123 cm³/mol. The van der Waals surface area contributed by atoms with E-state index in [0.29, 0.717) is 6.54 Å². The van der Waals surface area contributed by atoms with Crippen molar-refractivity contribution in [2.24, 2.45) is 4.99 Å². The van der Waals surface area contributed by atoms with Gasteiger partial charge in [0, 0.05) is 17.6 Å². The third kappa shape index (κ3) is 3.90. The highest BCUT2D eigenvalue weighted by molar-refractivity contribution is 5.88. The lowest BCUT2D eigenvalue weighted by Gasteiger charge is -2.19. The topological polar surface area (TPSA) is 79.5 Å². The average Bonchev–Trinajstić information content (AvgIpc) is 3.44. The molecule has 0 spiro atoms. The van der Waals surface area contributed by atoms with Crippen LogP contribution in [0.3, 0.4) is 0 Å². The molecule has 4 heterocycles. The van der Waals surface area contributed by atoms with Crippen molar-refractivity contribution in [3.63, 3.8) is 0 Å². The van der Waals surface area contributed by atoms with E-state index in [0.717, 1.165) is 39.7 Å². The number of aromatic nitrogens is 4. The standard InChI is InChI=1S/C24H23N7/c1-3-17-7-5-8-19(12-17)25-13-21-29-23(18-10-11-22-26-15-27-31(22)14-18)24(30-21)20-9-4-6-16(2)28-20/h3-12,14-15,23-25H,1,13H2,2H3,(H,29,30). The molecule has 7 nitrogen and oxygen atoms in total. The quantitative estimate of drug-likeness (QED) is 0.504. The van der Waals surface area contributed by atoms with Crippen LogP contribution in [0.2, 0.25) is 0 Å². The number of nitrogens with zero attached hydrogens (tertiary/aromatic N) is 5. The van der Waals surface area contributed by atoms with Crippen molar-refractivity contribution >= 4 is 23.2 Å². The summed E-state index contributed by atoms with van der Waals surface area (Å²) >= 11 is 0. The number of aliphatic imine (C=N–C) groups is 1. The van der Waals surface area contributed by atoms with Gasteiger partial charge in [-0.3, -0.25) is 9.98 Å². The van der Waals surface area contributed by atoms with Gasteiger partial charge in [-0.25, -0.2) is 9.50 Å². The normalized spacial score (nSPS) is 17.9. The first kappa shape index (κ1) is 19.0. The SMILES string of the molecule is C=Cc1cccc(NCC2=NC(c3ccc4ncnn4c3)C(c3cccc(C)n3)N2)c1. The van der Waals surface area contributed by atoms with Gasteiger partial charge in [0.25, 0.3) is 0 Å². The van der Waals surface area contributed by atoms with Crippen molar-refractivity contribution < 1.29 is 0 Å². The molecule has 1 aliphatic heterocycles. The second-order valence-electron chi connectivity index (χ2n) is 7.55. The van der Waals surface area contributed by atoms with Crippen molar-refractivity contribution in [2.45, 2.75) is 19.0 Å². The molecule has 31 heavy (non-hydrogen) atoms. The number of hydrogen-bond donors (Lipinski definition) is 2. The summed E-state index contributed by atoms with van der Waals surface area (Å²) in [4.78, 5) is 14.0. The van der Waals surface area contributed by atoms with E-state index in [2.05, 4.69) is 39.4 Å². The Morgan fingerprint density at radius 3 is 2.94 bits per heavy atom. The number of amidine groups is 1. The molecule has 3 aromatic heterocycles. The molecule has 4 aromatic rings. The van der Waals surface area contributed by atoms with Gasteiger partial charge in [0.15, 0.2) is 5.65 Å². The molecular weight excluding hydrogens is 386 g/mol. The van der Waals surface area contributed by atoms with Crippen molar-refractivity contribution in [1.82, 2.24) is 24.9 Å². The minimum Gasteiger partial charge on any atom is -0.378 e. The Morgan fingerprint density at radius 2 is 2.06 bits per heavy atom. The van der Waals surface area contributed by atoms with Gasteiger partial charge in [0.05, 0.1) is 18.3 Å². The zero-order valence-corrected chi connectivity index (χ0v) is 17.2. The molecular formula is C24H23N7. The second-order valence-corrected chi connectivity index (χ2v) is 7.55. The maximum Gasteiger partial charge on any atom is 0.155 e. The van der Waals surface area contributed by atoms with E-state index < -0.39 is 0 Å². The van der Waals surface area contributed by atoms with Crippen LogP contribution in [-0.4, -0.2) is 32.0 Å². The van der Waals surface area contributed by atoms with Gasteiger partial charge in [-0.2, -0.15) is 5.10 Å². The largest absolute Gasteiger partial charge is 0.378 e. The molecule has 1 aromatic carbocycles. The van der Waals surface area contributed by atoms with Crippen LogP contribution in [0.4, 0.5) is 5.69 Å². The molecule has 0 aliphatic carbocycles. The molecule has 1 aliphatic rings. The molecule has 2 unspecified atom stereocenters. The maximum absolute atomic E-state index is 5.02. The summed E-state index contributed by atoms with van der Waals surface area (Å²) in [6.45, 7) is 6.43. The monoisotopic (exact) mass is 409 g/mol. The van der Waals surface area contributed by atoms with Crippen molar-refractivity contribution in [2.75, 3.05) is 11.9 Å². The molecule has 2 atom stereocenters. The lowest BCUT2D eigenvalue weighted by Crippen LogP contribution is -2.30. The van der Waals surface area contributed by atoms with Crippen molar-refractivity contribution in [3.05, 3.63) is 96.2 Å². The lowest BCUT2D eigenvalue weighted by atomic mass is 9.99. The van der Waals surface area contributed by atoms with E-state index in [1.54, 1.807) is 10.8 Å². The number of hydrogen-bond acceptors (Lipinski definition) is 6. The molecule has 0 bridgehead atoms. The minimum atomic E-state index is -0.112. The van der Waals surface area contributed by atoms with Gasteiger partial charge in [-0.05, 0) is 48.4 Å². The first-order valence-corrected chi connectivity index (χ1v) is 10.2. The zero-order valence-electron chi connectivity index (χ0n) is 17.2. The number of benzene rings is 1. The van der Waals surface area contributed by atoms with Crippen LogP contribution in [0.15, 0.2) is 78.7 Å². The Balaban J connectivity index is 1.44. The molecule has 7 heteroatoms. The third-order valence-electron chi connectivity index (χ3n) is 5.38. The highest BCUT2D eigenvalue weighted by Gasteiger charge is 2.32. The molecule has 5 rings (SSSR count). The first-order chi connectivity index (χ1) is 15.2. The molecule has 0 fully saturated rings. The van der Waals surface area contributed by atoms with Crippen LogP contribution in [-0.2, 0) is 0 Å². The summed E-state index contributed by atoms with van der Waals surface area (Å²) in [6, 6.07) is 18.1. The van der Waals surface area contributed by atoms with E-state index in [4.69, 9.17) is 9.98 Å². The first-order valence-electron chi connectivity index (χ1n) is 10.2. The molecule has 0 radical (unpaired) electrons. The predicted octanol–water partition coefficient (Wildman–Crippen LogP) is 3.97. The fourth-order valence-electron chi connectivity index (χ4n) is 3.84. The van der Waals surface area contributed by atoms with Crippen molar-refractivity contribution in [1.29, 1.82) is 0 Å². The molecule has 0 saturated heterocycles. The fraction of sp³-hybridized carbons (Fsp3) is 0.167. The van der Waals surface area contributed by atoms with Gasteiger partial charge >= 0.3 is 0 Å². The summed E-state index contributed by atoms with van der Waals surface area (Å²) in [5.41, 5.74) is 5.93. The van der Waals surface area contributed by atoms with Crippen molar-refractivity contribution in [3.8, 4) is 0 Å². The number of pyridine rings is 2. The number of anilines is 1. The molecule has 0 amide bonds. The number of fused-ring (bicyclic) bond motifs is 1. The Bertz CT molecular complexity index is 1270. The fourth-order valence-corrected chi connectivity index (χ4v) is 3.84. The Morgan fingerprint density at radius 1 is 1.16 bits per heavy atom. The smallest absolute Gasteiger partial charge is 0.155 e. The van der Waals surface area contributed by atoms with E-state index >= 15 is 0 Å². The Hall–Kier alpha value is -4.00. The number of nitrogens with one attached hydrogen (secondary N) is 2. The van der Waals surface area contributed by atoms with E-state index in [-0.39, 0.29) is 12.1 Å². The number of rotatable bonds is 6.